The fraction of sp³-hybridized carbons (Fsp3) is 0.350. The summed E-state index contributed by atoms with van der Waals surface area (Å²) in [6.07, 6.45) is 0. The fourth-order valence-electron chi connectivity index (χ4n) is 2.34. The Morgan fingerprint density at radius 1 is 0.923 bits per heavy atom. The first kappa shape index (κ1) is 22.2. The number of benzene rings is 2. The van der Waals surface area contributed by atoms with Crippen LogP contribution in [-0.4, -0.2) is 33.3 Å². The summed E-state index contributed by atoms with van der Waals surface area (Å²) in [6.45, 7) is 5.08. The number of anilines is 1. The number of aryl methyl sites for hydroxylation is 1. The highest BCUT2D eigenvalue weighted by Crippen LogP contribution is 2.09. The second kappa shape index (κ2) is 12.5. The van der Waals surface area contributed by atoms with Crippen molar-refractivity contribution in [2.75, 3.05) is 32.6 Å². The molecule has 0 aliphatic heterocycles. The average Bonchev–Trinajstić information content (AvgIpc) is 2.64. The van der Waals surface area contributed by atoms with Gasteiger partial charge in [-0.05, 0) is 30.2 Å². The molecule has 0 radical (unpaired) electrons. The Hall–Kier alpha value is -1.80. The fourth-order valence-corrected chi connectivity index (χ4v) is 2.34. The highest BCUT2D eigenvalue weighted by molar-refractivity contribution is 14.0. The number of rotatable bonds is 8. The molecule has 0 fully saturated rings. The molecule has 2 rings (SSSR count). The molecule has 0 amide bonds. The number of guanidine groups is 1. The molecule has 0 heterocycles. The van der Waals surface area contributed by atoms with Gasteiger partial charge in [-0.3, -0.25) is 4.99 Å². The van der Waals surface area contributed by atoms with E-state index in [0.717, 1.165) is 31.3 Å². The van der Waals surface area contributed by atoms with E-state index in [-0.39, 0.29) is 24.0 Å². The Morgan fingerprint density at radius 2 is 1.46 bits per heavy atom. The predicted molar refractivity (Wildman–Crippen MR) is 120 cm³/mol. The summed E-state index contributed by atoms with van der Waals surface area (Å²) in [7, 11) is 3.49. The summed E-state index contributed by atoms with van der Waals surface area (Å²) in [4.78, 5) is 4.27. The van der Waals surface area contributed by atoms with Crippen LogP contribution in [0.1, 0.15) is 16.7 Å². The van der Waals surface area contributed by atoms with Crippen molar-refractivity contribution in [1.29, 1.82) is 0 Å². The molecule has 3 N–H and O–H groups in total. The first-order valence-electron chi connectivity index (χ1n) is 8.53. The van der Waals surface area contributed by atoms with Crippen LogP contribution in [0.3, 0.4) is 0 Å². The zero-order valence-corrected chi connectivity index (χ0v) is 18.0. The molecule has 0 unspecified atom stereocenters. The Labute approximate surface area is 173 Å². The van der Waals surface area contributed by atoms with E-state index in [1.54, 1.807) is 14.2 Å². The molecule has 2 aromatic rings. The van der Waals surface area contributed by atoms with Crippen LogP contribution in [0.15, 0.2) is 53.5 Å². The van der Waals surface area contributed by atoms with Gasteiger partial charge in [-0.1, -0.05) is 42.0 Å². The number of nitrogens with one attached hydrogen (secondary N) is 3. The molecule has 0 aromatic heterocycles. The van der Waals surface area contributed by atoms with E-state index in [4.69, 9.17) is 4.74 Å². The number of halogens is 1. The van der Waals surface area contributed by atoms with Crippen LogP contribution in [-0.2, 0) is 17.8 Å². The molecule has 26 heavy (non-hydrogen) atoms. The summed E-state index contributed by atoms with van der Waals surface area (Å²) in [5.74, 6) is 0.794. The van der Waals surface area contributed by atoms with Crippen molar-refractivity contribution in [3.05, 3.63) is 65.2 Å². The lowest BCUT2D eigenvalue weighted by atomic mass is 10.1. The Bertz CT molecular complexity index is 657. The van der Waals surface area contributed by atoms with E-state index >= 15 is 0 Å². The number of hydrogen-bond donors (Lipinski definition) is 3. The zero-order valence-electron chi connectivity index (χ0n) is 15.7. The average molecular weight is 468 g/mol. The monoisotopic (exact) mass is 468 g/mol. The maximum absolute atomic E-state index is 5.03. The molecule has 6 heteroatoms. The Morgan fingerprint density at radius 3 is 1.96 bits per heavy atom. The number of ether oxygens (including phenoxy) is 1. The zero-order chi connectivity index (χ0) is 17.9. The van der Waals surface area contributed by atoms with Gasteiger partial charge in [0, 0.05) is 39.5 Å². The van der Waals surface area contributed by atoms with Crippen molar-refractivity contribution in [3.8, 4) is 0 Å². The van der Waals surface area contributed by atoms with E-state index in [1.807, 2.05) is 0 Å². The molecular formula is C20H29IN4O. The minimum Gasteiger partial charge on any atom is -0.383 e. The molecule has 0 spiro atoms. The third kappa shape index (κ3) is 8.05. The highest BCUT2D eigenvalue weighted by atomic mass is 127. The molecule has 5 nitrogen and oxygen atoms in total. The lowest BCUT2D eigenvalue weighted by Gasteiger charge is -2.13. The maximum atomic E-state index is 5.03. The molecule has 0 aliphatic carbocycles. The Balaban J connectivity index is 0.00000338. The normalized spacial score (nSPS) is 10.8. The first-order valence-corrected chi connectivity index (χ1v) is 8.53. The van der Waals surface area contributed by atoms with E-state index in [9.17, 15) is 0 Å². The van der Waals surface area contributed by atoms with Gasteiger partial charge in [0.2, 0.25) is 0 Å². The summed E-state index contributed by atoms with van der Waals surface area (Å²) in [5.41, 5.74) is 4.81. The molecule has 0 aliphatic rings. The van der Waals surface area contributed by atoms with E-state index < -0.39 is 0 Å². The van der Waals surface area contributed by atoms with Crippen molar-refractivity contribution in [2.24, 2.45) is 4.99 Å². The van der Waals surface area contributed by atoms with Crippen LogP contribution >= 0.6 is 24.0 Å². The van der Waals surface area contributed by atoms with E-state index in [1.165, 1.54) is 16.7 Å². The summed E-state index contributed by atoms with van der Waals surface area (Å²) >= 11 is 0. The summed E-state index contributed by atoms with van der Waals surface area (Å²) in [5, 5.41) is 9.98. The topological polar surface area (TPSA) is 57.7 Å². The highest BCUT2D eigenvalue weighted by Gasteiger charge is 2.00. The van der Waals surface area contributed by atoms with Crippen LogP contribution in [0.25, 0.3) is 0 Å². The van der Waals surface area contributed by atoms with Gasteiger partial charge in [-0.25, -0.2) is 0 Å². The van der Waals surface area contributed by atoms with Crippen LogP contribution in [0.2, 0.25) is 0 Å². The molecule has 142 valence electrons. The van der Waals surface area contributed by atoms with E-state index in [2.05, 4.69) is 76.4 Å². The molecule has 2 aromatic carbocycles. The van der Waals surface area contributed by atoms with Crippen LogP contribution in [0.5, 0.6) is 0 Å². The van der Waals surface area contributed by atoms with Gasteiger partial charge in [-0.2, -0.15) is 0 Å². The van der Waals surface area contributed by atoms with Crippen molar-refractivity contribution >= 4 is 35.6 Å². The molecular weight excluding hydrogens is 439 g/mol. The molecule has 0 atom stereocenters. The second-order valence-electron chi connectivity index (χ2n) is 5.88. The largest absolute Gasteiger partial charge is 0.383 e. The van der Waals surface area contributed by atoms with Gasteiger partial charge in [0.1, 0.15) is 0 Å². The molecule has 0 saturated carbocycles. The predicted octanol–water partition coefficient (Wildman–Crippen LogP) is 3.54. The standard InChI is InChI=1S/C20H28N4O.HI/c1-16-4-6-17(7-5-16)14-23-20(21-2)24-15-18-8-10-19(11-9-18)22-12-13-25-3;/h4-11,22H,12-15H2,1-3H3,(H2,21,23,24);1H. The van der Waals surface area contributed by atoms with Crippen molar-refractivity contribution < 1.29 is 4.74 Å². The van der Waals surface area contributed by atoms with Gasteiger partial charge in [0.15, 0.2) is 5.96 Å². The maximum Gasteiger partial charge on any atom is 0.191 e. The summed E-state index contributed by atoms with van der Waals surface area (Å²) in [6, 6.07) is 16.9. The number of methoxy groups -OCH3 is 1. The lowest BCUT2D eigenvalue weighted by Crippen LogP contribution is -2.36. The van der Waals surface area contributed by atoms with Crippen molar-refractivity contribution in [2.45, 2.75) is 20.0 Å². The Kier molecular flexibility index (Phi) is 10.7. The number of aliphatic imine (C=N–C) groups is 1. The van der Waals surface area contributed by atoms with Crippen LogP contribution in [0, 0.1) is 6.92 Å². The van der Waals surface area contributed by atoms with Crippen molar-refractivity contribution in [1.82, 2.24) is 10.6 Å². The molecule has 0 saturated heterocycles. The quantitative estimate of drug-likeness (QED) is 0.240. The third-order valence-electron chi connectivity index (χ3n) is 3.85. The van der Waals surface area contributed by atoms with E-state index in [0.29, 0.717) is 6.61 Å². The third-order valence-corrected chi connectivity index (χ3v) is 3.85. The molecule has 0 bridgehead atoms. The van der Waals surface area contributed by atoms with Crippen molar-refractivity contribution in [3.63, 3.8) is 0 Å². The van der Waals surface area contributed by atoms with Gasteiger partial charge in [0.05, 0.1) is 6.61 Å². The van der Waals surface area contributed by atoms with Gasteiger partial charge in [-0.15, -0.1) is 24.0 Å². The first-order chi connectivity index (χ1) is 12.2. The minimum absolute atomic E-state index is 0. The van der Waals surface area contributed by atoms with Gasteiger partial charge < -0.3 is 20.7 Å². The number of nitrogens with zero attached hydrogens (tertiary/aromatic N) is 1. The SMILES string of the molecule is CN=C(NCc1ccc(C)cc1)NCc1ccc(NCCOC)cc1.I. The lowest BCUT2D eigenvalue weighted by molar-refractivity contribution is 0.211. The number of hydrogen-bond acceptors (Lipinski definition) is 3. The van der Waals surface area contributed by atoms with Gasteiger partial charge >= 0.3 is 0 Å². The minimum atomic E-state index is 0. The second-order valence-corrected chi connectivity index (χ2v) is 5.88. The van der Waals surface area contributed by atoms with Crippen LogP contribution < -0.4 is 16.0 Å². The smallest absolute Gasteiger partial charge is 0.191 e. The van der Waals surface area contributed by atoms with Crippen LogP contribution in [0.4, 0.5) is 5.69 Å². The van der Waals surface area contributed by atoms with Gasteiger partial charge in [0.25, 0.3) is 0 Å². The summed E-state index contributed by atoms with van der Waals surface area (Å²) < 4.78 is 5.03.